The van der Waals surface area contributed by atoms with Gasteiger partial charge in [0.1, 0.15) is 10.7 Å². The maximum atomic E-state index is 12.0. The number of likely N-dealkylation sites (tertiary alicyclic amines) is 1. The number of carbonyl (C=O) groups excluding carboxylic acids is 1. The third-order valence-electron chi connectivity index (χ3n) is 3.24. The molecular weight excluding hydrogens is 250 g/mol. The van der Waals surface area contributed by atoms with Gasteiger partial charge in [-0.1, -0.05) is 11.3 Å². The molecule has 100 valence electrons. The molecule has 0 spiro atoms. The van der Waals surface area contributed by atoms with Gasteiger partial charge in [-0.15, -0.1) is 0 Å². The molecule has 1 unspecified atom stereocenters. The molecule has 0 saturated carbocycles. The number of hydrogen-bond donors (Lipinski definition) is 3. The van der Waals surface area contributed by atoms with E-state index in [0.29, 0.717) is 28.4 Å². The molecule has 4 N–H and O–H groups in total. The summed E-state index contributed by atoms with van der Waals surface area (Å²) in [7, 11) is 3.84. The Bertz CT molecular complexity index is 433. The molecule has 1 fully saturated rings. The first-order valence-corrected chi connectivity index (χ1v) is 6.86. The van der Waals surface area contributed by atoms with Crippen molar-refractivity contribution in [2.75, 3.05) is 38.2 Å². The molecule has 0 aliphatic carbocycles. The Morgan fingerprint density at radius 1 is 1.67 bits per heavy atom. The smallest absolute Gasteiger partial charge is 0.265 e. The number of anilines is 2. The average Bonchev–Trinajstić information content (AvgIpc) is 2.92. The van der Waals surface area contributed by atoms with Crippen LogP contribution in [0.5, 0.6) is 0 Å². The fourth-order valence-corrected chi connectivity index (χ4v) is 2.88. The summed E-state index contributed by atoms with van der Waals surface area (Å²) in [4.78, 5) is 18.8. The molecule has 1 aliphatic heterocycles. The first-order chi connectivity index (χ1) is 8.61. The molecule has 1 atom stereocenters. The van der Waals surface area contributed by atoms with Gasteiger partial charge in [0, 0.05) is 19.6 Å². The first-order valence-electron chi connectivity index (χ1n) is 6.04. The van der Waals surface area contributed by atoms with Crippen LogP contribution in [0.15, 0.2) is 0 Å². The Hall–Kier alpha value is -1.34. The lowest BCUT2D eigenvalue weighted by Gasteiger charge is -2.19. The Morgan fingerprint density at radius 2 is 2.44 bits per heavy atom. The number of aromatic nitrogens is 1. The zero-order valence-corrected chi connectivity index (χ0v) is 11.5. The van der Waals surface area contributed by atoms with Crippen LogP contribution in [0.4, 0.5) is 10.9 Å². The summed E-state index contributed by atoms with van der Waals surface area (Å²) in [6.45, 7) is 1.77. The van der Waals surface area contributed by atoms with Crippen molar-refractivity contribution in [3.8, 4) is 0 Å². The summed E-state index contributed by atoms with van der Waals surface area (Å²) >= 11 is 1.28. The van der Waals surface area contributed by atoms with Gasteiger partial charge in [0.05, 0.1) is 0 Å². The molecule has 18 heavy (non-hydrogen) atoms. The summed E-state index contributed by atoms with van der Waals surface area (Å²) in [5.74, 6) is 0.161. The summed E-state index contributed by atoms with van der Waals surface area (Å²) in [6.07, 6.45) is 2.33. The van der Waals surface area contributed by atoms with Crippen molar-refractivity contribution in [2.45, 2.75) is 18.9 Å². The van der Waals surface area contributed by atoms with Gasteiger partial charge in [0.15, 0.2) is 5.13 Å². The van der Waals surface area contributed by atoms with Crippen molar-refractivity contribution in [2.24, 2.45) is 0 Å². The van der Waals surface area contributed by atoms with E-state index < -0.39 is 0 Å². The van der Waals surface area contributed by atoms with E-state index in [1.165, 1.54) is 17.8 Å². The first kappa shape index (κ1) is 13.1. The highest BCUT2D eigenvalue weighted by atomic mass is 32.1. The normalized spacial score (nSPS) is 20.0. The second-order valence-corrected chi connectivity index (χ2v) is 5.47. The van der Waals surface area contributed by atoms with Crippen LogP contribution in [-0.2, 0) is 0 Å². The number of thiazole rings is 1. The summed E-state index contributed by atoms with van der Waals surface area (Å²) in [6, 6.07) is 0.437. The molecule has 2 rings (SSSR count). The molecule has 1 aromatic heterocycles. The molecule has 1 aliphatic rings. The number of rotatable bonds is 4. The molecule has 2 heterocycles. The van der Waals surface area contributed by atoms with Crippen LogP contribution in [0.3, 0.4) is 0 Å². The number of nitrogens with one attached hydrogen (secondary N) is 2. The Kier molecular flexibility index (Phi) is 4.03. The highest BCUT2D eigenvalue weighted by Gasteiger charge is 2.22. The maximum absolute atomic E-state index is 12.0. The quantitative estimate of drug-likeness (QED) is 0.745. The van der Waals surface area contributed by atoms with Gasteiger partial charge in [0.25, 0.3) is 5.91 Å². The molecule has 0 bridgehead atoms. The molecule has 1 amide bonds. The summed E-state index contributed by atoms with van der Waals surface area (Å²) in [5, 5.41) is 6.48. The molecule has 1 saturated heterocycles. The van der Waals surface area contributed by atoms with Crippen molar-refractivity contribution in [1.82, 2.24) is 15.2 Å². The van der Waals surface area contributed by atoms with E-state index in [0.717, 1.165) is 13.0 Å². The largest absolute Gasteiger partial charge is 0.382 e. The van der Waals surface area contributed by atoms with E-state index in [9.17, 15) is 4.79 Å². The van der Waals surface area contributed by atoms with Crippen molar-refractivity contribution in [1.29, 1.82) is 0 Å². The van der Waals surface area contributed by atoms with Crippen LogP contribution in [-0.4, -0.2) is 49.0 Å². The summed E-state index contributed by atoms with van der Waals surface area (Å²) in [5.41, 5.74) is 5.72. The maximum Gasteiger partial charge on any atom is 0.265 e. The van der Waals surface area contributed by atoms with E-state index in [1.807, 2.05) is 0 Å². The lowest BCUT2D eigenvalue weighted by molar-refractivity contribution is 0.0948. The van der Waals surface area contributed by atoms with E-state index >= 15 is 0 Å². The van der Waals surface area contributed by atoms with Gasteiger partial charge in [-0.3, -0.25) is 4.79 Å². The van der Waals surface area contributed by atoms with Crippen LogP contribution in [0, 0.1) is 0 Å². The number of nitrogens with two attached hydrogens (primary N) is 1. The predicted molar refractivity (Wildman–Crippen MR) is 74.1 cm³/mol. The number of nitrogen functional groups attached to an aromatic ring is 1. The van der Waals surface area contributed by atoms with Crippen LogP contribution < -0.4 is 16.4 Å². The standard InChI is InChI=1S/C11H19N5OS/c1-13-11-15-9(12)8(18-11)10(17)14-6-7-4-3-5-16(7)2/h7H,3-6,12H2,1-2H3,(H,13,15)(H,14,17). The minimum atomic E-state index is -0.133. The van der Waals surface area contributed by atoms with Crippen LogP contribution >= 0.6 is 11.3 Å². The molecular formula is C11H19N5OS. The third-order valence-corrected chi connectivity index (χ3v) is 4.33. The SMILES string of the molecule is CNc1nc(N)c(C(=O)NCC2CCCN2C)s1. The number of amides is 1. The molecule has 0 aromatic carbocycles. The zero-order valence-electron chi connectivity index (χ0n) is 10.7. The van der Waals surface area contributed by atoms with Gasteiger partial charge >= 0.3 is 0 Å². The van der Waals surface area contributed by atoms with E-state index in [2.05, 4.69) is 27.6 Å². The lowest BCUT2D eigenvalue weighted by atomic mass is 10.2. The second-order valence-electron chi connectivity index (χ2n) is 4.47. The minimum absolute atomic E-state index is 0.133. The fraction of sp³-hybridized carbons (Fsp3) is 0.636. The van der Waals surface area contributed by atoms with Crippen LogP contribution in [0.1, 0.15) is 22.5 Å². The molecule has 6 nitrogen and oxygen atoms in total. The average molecular weight is 269 g/mol. The monoisotopic (exact) mass is 269 g/mol. The highest BCUT2D eigenvalue weighted by Crippen LogP contribution is 2.24. The number of hydrogen-bond acceptors (Lipinski definition) is 6. The van der Waals surface area contributed by atoms with E-state index in [-0.39, 0.29) is 5.91 Å². The van der Waals surface area contributed by atoms with Gasteiger partial charge in [-0.25, -0.2) is 4.98 Å². The fourth-order valence-electron chi connectivity index (χ4n) is 2.13. The Balaban J connectivity index is 1.92. The van der Waals surface area contributed by atoms with Crippen molar-refractivity contribution in [3.05, 3.63) is 4.88 Å². The third kappa shape index (κ3) is 2.73. The molecule has 1 aromatic rings. The Labute approximate surface area is 111 Å². The predicted octanol–water partition coefficient (Wildman–Crippen LogP) is 0.591. The second kappa shape index (κ2) is 5.53. The van der Waals surface area contributed by atoms with E-state index in [4.69, 9.17) is 5.73 Å². The van der Waals surface area contributed by atoms with Gasteiger partial charge in [-0.2, -0.15) is 0 Å². The van der Waals surface area contributed by atoms with Gasteiger partial charge in [0.2, 0.25) is 0 Å². The van der Waals surface area contributed by atoms with Crippen LogP contribution in [0.25, 0.3) is 0 Å². The topological polar surface area (TPSA) is 83.3 Å². The van der Waals surface area contributed by atoms with E-state index in [1.54, 1.807) is 7.05 Å². The van der Waals surface area contributed by atoms with Gasteiger partial charge < -0.3 is 21.3 Å². The Morgan fingerprint density at radius 3 is 3.00 bits per heavy atom. The molecule has 7 heteroatoms. The molecule has 0 radical (unpaired) electrons. The van der Waals surface area contributed by atoms with Gasteiger partial charge in [-0.05, 0) is 26.4 Å². The number of likely N-dealkylation sites (N-methyl/N-ethyl adjacent to an activating group) is 1. The number of nitrogens with zero attached hydrogens (tertiary/aromatic N) is 2. The van der Waals surface area contributed by atoms with Crippen molar-refractivity contribution in [3.63, 3.8) is 0 Å². The zero-order chi connectivity index (χ0) is 13.1. The minimum Gasteiger partial charge on any atom is -0.382 e. The lowest BCUT2D eigenvalue weighted by Crippen LogP contribution is -2.38. The van der Waals surface area contributed by atoms with Crippen molar-refractivity contribution >= 4 is 28.2 Å². The van der Waals surface area contributed by atoms with Crippen molar-refractivity contribution < 1.29 is 4.79 Å². The van der Waals surface area contributed by atoms with Crippen LogP contribution in [0.2, 0.25) is 0 Å². The summed E-state index contributed by atoms with van der Waals surface area (Å²) < 4.78 is 0. The number of carbonyl (C=O) groups is 1. The highest BCUT2D eigenvalue weighted by molar-refractivity contribution is 7.18.